The van der Waals surface area contributed by atoms with Crippen LogP contribution in [0, 0.1) is 11.8 Å². The van der Waals surface area contributed by atoms with Gasteiger partial charge in [0.1, 0.15) is 6.04 Å². The Morgan fingerprint density at radius 1 is 1.12 bits per heavy atom. The lowest BCUT2D eigenvalue weighted by molar-refractivity contribution is -0.119. The minimum Gasteiger partial charge on any atom is -0.384 e. The second kappa shape index (κ2) is 10.1. The number of carbonyl (C=O) groups excluding carboxylic acids is 1. The molecule has 1 heterocycles. The monoisotopic (exact) mass is 452 g/mol. The number of nitrogens with one attached hydrogen (secondary N) is 1. The van der Waals surface area contributed by atoms with Crippen LogP contribution in [0.1, 0.15) is 51.5 Å². The fraction of sp³-hybridized carbons (Fsp3) is 0.462. The topological polar surface area (TPSA) is 70.7 Å². The Labute approximate surface area is 196 Å². The maximum atomic E-state index is 13.9. The smallest absolute Gasteiger partial charge is 0.256 e. The van der Waals surface area contributed by atoms with Gasteiger partial charge >= 0.3 is 0 Å². The van der Waals surface area contributed by atoms with Gasteiger partial charge in [0.05, 0.1) is 5.69 Å². The molecule has 0 aromatic heterocycles. The van der Waals surface area contributed by atoms with Gasteiger partial charge in [-0.1, -0.05) is 44.7 Å². The summed E-state index contributed by atoms with van der Waals surface area (Å²) in [5.74, 6) is 0.483. The lowest BCUT2D eigenvalue weighted by Gasteiger charge is -2.27. The van der Waals surface area contributed by atoms with Crippen molar-refractivity contribution in [2.45, 2.75) is 52.0 Å². The molecule has 2 aromatic rings. The van der Waals surface area contributed by atoms with Crippen LogP contribution >= 0.6 is 11.6 Å². The van der Waals surface area contributed by atoms with Crippen LogP contribution in [0.4, 0.5) is 17.1 Å². The number of halogens is 1. The lowest BCUT2D eigenvalue weighted by atomic mass is 9.82. The van der Waals surface area contributed by atoms with Crippen molar-refractivity contribution in [3.05, 3.63) is 53.1 Å². The number of nitrogens with zero attached hydrogens (tertiary/aromatic N) is 2. The van der Waals surface area contributed by atoms with Crippen molar-refractivity contribution in [2.75, 3.05) is 23.3 Å². The Morgan fingerprint density at radius 3 is 2.50 bits per heavy atom. The van der Waals surface area contributed by atoms with E-state index >= 15 is 0 Å². The van der Waals surface area contributed by atoms with Crippen LogP contribution in [-0.4, -0.2) is 30.8 Å². The number of carbonyl (C=O) groups is 1. The van der Waals surface area contributed by atoms with Gasteiger partial charge in [-0.2, -0.15) is 0 Å². The Hall–Kier alpha value is -2.37. The summed E-state index contributed by atoms with van der Waals surface area (Å²) in [5, 5.41) is 3.90. The van der Waals surface area contributed by atoms with Gasteiger partial charge in [-0.15, -0.1) is 0 Å². The van der Waals surface area contributed by atoms with Crippen LogP contribution in [0.3, 0.4) is 0 Å². The molecule has 2 aromatic carbocycles. The van der Waals surface area contributed by atoms with Crippen LogP contribution in [0.2, 0.25) is 5.02 Å². The molecule has 170 valence electrons. The molecule has 1 aliphatic carbocycles. The first kappa shape index (κ1) is 22.8. The third-order valence-corrected chi connectivity index (χ3v) is 6.69. The molecule has 1 aliphatic heterocycles. The van der Waals surface area contributed by atoms with E-state index in [1.165, 1.54) is 19.3 Å². The molecule has 5 nitrogen and oxygen atoms in total. The largest absolute Gasteiger partial charge is 0.384 e. The second-order valence-corrected chi connectivity index (χ2v) is 9.57. The van der Waals surface area contributed by atoms with E-state index in [0.29, 0.717) is 24.0 Å². The average molecular weight is 453 g/mol. The summed E-state index contributed by atoms with van der Waals surface area (Å²) in [4.78, 5) is 20.8. The molecule has 6 heteroatoms. The lowest BCUT2D eigenvalue weighted by Crippen LogP contribution is -2.37. The highest BCUT2D eigenvalue weighted by Gasteiger charge is 2.36. The number of anilines is 3. The van der Waals surface area contributed by atoms with E-state index in [4.69, 9.17) is 22.3 Å². The summed E-state index contributed by atoms with van der Waals surface area (Å²) in [6.07, 6.45) is 5.96. The highest BCUT2D eigenvalue weighted by molar-refractivity contribution is 6.31. The summed E-state index contributed by atoms with van der Waals surface area (Å²) in [6, 6.07) is 13.4. The first-order valence-corrected chi connectivity index (χ1v) is 12.1. The van der Waals surface area contributed by atoms with Gasteiger partial charge in [0.15, 0.2) is 0 Å². The Bertz CT molecular complexity index is 980. The molecular formula is C26H33ClN4O. The van der Waals surface area contributed by atoms with Crippen molar-refractivity contribution in [1.82, 2.24) is 0 Å². The standard InChI is InChI=1S/C26H33ClN4O/c1-17(2)24-26(32)31(21-11-9-20(10-12-21)29-15-14-28)23-16-19(27)8-13-22(23)25(30-24)18-6-4-3-5-7-18/h8-13,16-18,24,29H,3-7,14-15,28H2,1-2H3. The maximum Gasteiger partial charge on any atom is 0.256 e. The van der Waals surface area contributed by atoms with Crippen molar-refractivity contribution >= 4 is 40.3 Å². The van der Waals surface area contributed by atoms with Crippen LogP contribution in [-0.2, 0) is 4.79 Å². The number of benzene rings is 2. The van der Waals surface area contributed by atoms with Crippen molar-refractivity contribution in [2.24, 2.45) is 22.6 Å². The minimum absolute atomic E-state index is 0.00278. The molecule has 1 atom stereocenters. The van der Waals surface area contributed by atoms with E-state index in [-0.39, 0.29) is 11.8 Å². The van der Waals surface area contributed by atoms with Gasteiger partial charge in [-0.3, -0.25) is 14.7 Å². The number of hydrogen-bond acceptors (Lipinski definition) is 4. The van der Waals surface area contributed by atoms with Crippen molar-refractivity contribution in [1.29, 1.82) is 0 Å². The van der Waals surface area contributed by atoms with E-state index in [0.717, 1.165) is 41.2 Å². The quantitative estimate of drug-likeness (QED) is 0.583. The third kappa shape index (κ3) is 4.69. The Kier molecular flexibility index (Phi) is 7.17. The van der Waals surface area contributed by atoms with Gasteiger partial charge in [0, 0.05) is 46.7 Å². The third-order valence-electron chi connectivity index (χ3n) is 6.45. The number of amides is 1. The van der Waals surface area contributed by atoms with Crippen LogP contribution in [0.15, 0.2) is 47.5 Å². The van der Waals surface area contributed by atoms with Gasteiger partial charge < -0.3 is 11.1 Å². The summed E-state index contributed by atoms with van der Waals surface area (Å²) in [6.45, 7) is 5.42. The molecule has 1 amide bonds. The minimum atomic E-state index is -0.423. The van der Waals surface area contributed by atoms with E-state index in [9.17, 15) is 4.79 Å². The van der Waals surface area contributed by atoms with Gasteiger partial charge in [0.2, 0.25) is 0 Å². The molecule has 32 heavy (non-hydrogen) atoms. The Balaban J connectivity index is 1.82. The zero-order valence-corrected chi connectivity index (χ0v) is 19.7. The molecule has 0 bridgehead atoms. The molecule has 3 N–H and O–H groups in total. The summed E-state index contributed by atoms with van der Waals surface area (Å²) in [5.41, 5.74) is 10.3. The van der Waals surface area contributed by atoms with E-state index in [1.54, 1.807) is 0 Å². The molecule has 0 saturated heterocycles. The van der Waals surface area contributed by atoms with Gasteiger partial charge in [-0.25, -0.2) is 0 Å². The van der Waals surface area contributed by atoms with Crippen LogP contribution in [0.25, 0.3) is 0 Å². The molecule has 1 unspecified atom stereocenters. The van der Waals surface area contributed by atoms with Gasteiger partial charge in [-0.05, 0) is 61.2 Å². The number of aliphatic imine (C=N–C) groups is 1. The van der Waals surface area contributed by atoms with Crippen molar-refractivity contribution in [3.63, 3.8) is 0 Å². The zero-order valence-electron chi connectivity index (χ0n) is 19.0. The summed E-state index contributed by atoms with van der Waals surface area (Å²) in [7, 11) is 0. The Morgan fingerprint density at radius 2 is 1.84 bits per heavy atom. The first-order valence-electron chi connectivity index (χ1n) is 11.7. The fourth-order valence-electron chi connectivity index (χ4n) is 4.78. The number of hydrogen-bond donors (Lipinski definition) is 2. The summed E-state index contributed by atoms with van der Waals surface area (Å²) < 4.78 is 0. The number of nitrogens with two attached hydrogens (primary N) is 1. The molecule has 2 aliphatic rings. The van der Waals surface area contributed by atoms with E-state index in [1.807, 2.05) is 47.4 Å². The van der Waals surface area contributed by atoms with E-state index in [2.05, 4.69) is 19.2 Å². The van der Waals surface area contributed by atoms with E-state index < -0.39 is 6.04 Å². The zero-order chi connectivity index (χ0) is 22.7. The predicted molar refractivity (Wildman–Crippen MR) is 134 cm³/mol. The molecule has 1 saturated carbocycles. The van der Waals surface area contributed by atoms with Gasteiger partial charge in [0.25, 0.3) is 5.91 Å². The number of fused-ring (bicyclic) bond motifs is 1. The molecule has 0 radical (unpaired) electrons. The maximum absolute atomic E-state index is 13.9. The predicted octanol–water partition coefficient (Wildman–Crippen LogP) is 5.78. The molecule has 1 fully saturated rings. The van der Waals surface area contributed by atoms with Crippen LogP contribution < -0.4 is 16.0 Å². The second-order valence-electron chi connectivity index (χ2n) is 9.14. The fourth-order valence-corrected chi connectivity index (χ4v) is 4.95. The van der Waals surface area contributed by atoms with Crippen LogP contribution in [0.5, 0.6) is 0 Å². The molecular weight excluding hydrogens is 420 g/mol. The summed E-state index contributed by atoms with van der Waals surface area (Å²) >= 11 is 6.45. The molecule has 0 spiro atoms. The normalized spacial score (nSPS) is 19.5. The highest BCUT2D eigenvalue weighted by Crippen LogP contribution is 2.39. The molecule has 4 rings (SSSR count). The average Bonchev–Trinajstić information content (AvgIpc) is 2.92. The SMILES string of the molecule is CC(C)C1N=C(C2CCCCC2)c2ccc(Cl)cc2N(c2ccc(NCCN)cc2)C1=O. The highest BCUT2D eigenvalue weighted by atomic mass is 35.5. The first-order chi connectivity index (χ1) is 15.5. The van der Waals surface area contributed by atoms with Crippen molar-refractivity contribution in [3.8, 4) is 0 Å². The van der Waals surface area contributed by atoms with Crippen molar-refractivity contribution < 1.29 is 4.79 Å². The number of rotatable bonds is 6. The number of benzodiazepines with no additional fused rings is 1.